The Hall–Kier alpha value is -2.14. The number of halogens is 1. The molecule has 0 unspecified atom stereocenters. The summed E-state index contributed by atoms with van der Waals surface area (Å²) in [5.74, 6) is 0. The summed E-state index contributed by atoms with van der Waals surface area (Å²) >= 11 is 6.04. The molecule has 10 heteroatoms. The van der Waals surface area contributed by atoms with Crippen molar-refractivity contribution in [3.8, 4) is 0 Å². The van der Waals surface area contributed by atoms with E-state index in [0.717, 1.165) is 5.56 Å². The Morgan fingerprint density at radius 1 is 1.04 bits per heavy atom. The van der Waals surface area contributed by atoms with Crippen LogP contribution < -0.4 is 0 Å². The highest BCUT2D eigenvalue weighted by Crippen LogP contribution is 2.38. The number of hydrogen-bond acceptors (Lipinski definition) is 8. The molecular weight excluding hydrogens is 388 g/mol. The molecule has 9 nitrogen and oxygen atoms in total. The van der Waals surface area contributed by atoms with Gasteiger partial charge in [0.2, 0.25) is 0 Å². The van der Waals surface area contributed by atoms with Crippen LogP contribution in [0.1, 0.15) is 18.1 Å². The number of rotatable bonds is 2. The summed E-state index contributed by atoms with van der Waals surface area (Å²) in [6, 6.07) is 9.41. The number of fused-ring (bicyclic) bond motifs is 2. The second-order valence-electron chi connectivity index (χ2n) is 6.71. The van der Waals surface area contributed by atoms with Gasteiger partial charge in [0.25, 0.3) is 0 Å². The van der Waals surface area contributed by atoms with E-state index in [1.165, 1.54) is 17.2 Å². The zero-order chi connectivity index (χ0) is 19.3. The number of hydrogen-bond donors (Lipinski definition) is 2. The fraction of sp³-hybridized carbons (Fsp3) is 0.389. The molecule has 1 aromatic carbocycles. The summed E-state index contributed by atoms with van der Waals surface area (Å²) in [6.45, 7) is 0.201. The number of aliphatic hydroxyl groups excluding tert-OH is 2. The molecule has 5 rings (SSSR count). The van der Waals surface area contributed by atoms with E-state index >= 15 is 0 Å². The SMILES string of the molecule is O[C@@H]1[C@@H](O)[C@H](n2cnc3c(Cl)ncnc32)O[C@@H]2CO[C@@H](c3ccccc3)O[C@@H]12. The first-order chi connectivity index (χ1) is 13.6. The fourth-order valence-corrected chi connectivity index (χ4v) is 3.79. The molecule has 146 valence electrons. The summed E-state index contributed by atoms with van der Waals surface area (Å²) in [5, 5.41) is 21.6. The molecular formula is C18H17ClN4O5. The van der Waals surface area contributed by atoms with Crippen LogP contribution >= 0.6 is 11.6 Å². The van der Waals surface area contributed by atoms with Crippen molar-refractivity contribution in [1.82, 2.24) is 19.5 Å². The van der Waals surface area contributed by atoms with Crippen molar-refractivity contribution in [3.63, 3.8) is 0 Å². The molecule has 2 aliphatic rings. The quantitative estimate of drug-likeness (QED) is 0.613. The molecule has 4 heterocycles. The Morgan fingerprint density at radius 2 is 1.86 bits per heavy atom. The number of nitrogens with zero attached hydrogens (tertiary/aromatic N) is 4. The minimum absolute atomic E-state index is 0.197. The van der Waals surface area contributed by atoms with Gasteiger partial charge in [-0.2, -0.15) is 0 Å². The molecule has 0 bridgehead atoms. The Bertz CT molecular complexity index is 985. The van der Waals surface area contributed by atoms with Crippen LogP contribution in [0, 0.1) is 0 Å². The molecule has 0 amide bonds. The highest BCUT2D eigenvalue weighted by Gasteiger charge is 2.49. The van der Waals surface area contributed by atoms with Crippen LogP contribution in [-0.4, -0.2) is 60.8 Å². The molecule has 0 saturated carbocycles. The van der Waals surface area contributed by atoms with E-state index in [1.54, 1.807) is 0 Å². The zero-order valence-electron chi connectivity index (χ0n) is 14.5. The molecule has 0 spiro atoms. The average Bonchev–Trinajstić information content (AvgIpc) is 3.16. The fourth-order valence-electron chi connectivity index (χ4n) is 3.61. The van der Waals surface area contributed by atoms with Crippen LogP contribution in [0.15, 0.2) is 43.0 Å². The maximum atomic E-state index is 10.7. The number of imidazole rings is 1. The highest BCUT2D eigenvalue weighted by molar-refractivity contribution is 6.33. The van der Waals surface area contributed by atoms with Crippen molar-refractivity contribution < 1.29 is 24.4 Å². The van der Waals surface area contributed by atoms with Gasteiger partial charge in [0.05, 0.1) is 12.9 Å². The lowest BCUT2D eigenvalue weighted by Crippen LogP contribution is -2.59. The van der Waals surface area contributed by atoms with Crippen molar-refractivity contribution in [2.45, 2.75) is 36.9 Å². The van der Waals surface area contributed by atoms with Gasteiger partial charge in [-0.15, -0.1) is 0 Å². The molecule has 28 heavy (non-hydrogen) atoms. The lowest BCUT2D eigenvalue weighted by atomic mass is 9.97. The third-order valence-corrected chi connectivity index (χ3v) is 5.29. The first kappa shape index (κ1) is 17.9. The average molecular weight is 405 g/mol. The lowest BCUT2D eigenvalue weighted by Gasteiger charge is -2.46. The van der Waals surface area contributed by atoms with Gasteiger partial charge >= 0.3 is 0 Å². The molecule has 2 saturated heterocycles. The van der Waals surface area contributed by atoms with Crippen molar-refractivity contribution in [1.29, 1.82) is 0 Å². The third kappa shape index (κ3) is 2.87. The van der Waals surface area contributed by atoms with Gasteiger partial charge in [-0.25, -0.2) is 15.0 Å². The smallest absolute Gasteiger partial charge is 0.184 e. The standard InChI is InChI=1S/C18H17ClN4O5/c19-15-11-16(21-7-20-15)23(8-22-11)17-13(25)12(24)14-10(27-17)6-26-18(28-14)9-4-2-1-3-5-9/h1-5,7-8,10,12-14,17-18,24-25H,6H2/t10-,12-,13-,14-,17-,18-/m1/s1. The largest absolute Gasteiger partial charge is 0.387 e. The van der Waals surface area contributed by atoms with E-state index in [1.807, 2.05) is 30.3 Å². The van der Waals surface area contributed by atoms with E-state index in [4.69, 9.17) is 25.8 Å². The van der Waals surface area contributed by atoms with Crippen LogP contribution in [-0.2, 0) is 14.2 Å². The van der Waals surface area contributed by atoms with E-state index in [2.05, 4.69) is 15.0 Å². The van der Waals surface area contributed by atoms with Gasteiger partial charge in [0, 0.05) is 5.56 Å². The normalized spacial score (nSPS) is 33.0. The molecule has 2 N–H and O–H groups in total. The zero-order valence-corrected chi connectivity index (χ0v) is 15.3. The Balaban J connectivity index is 1.41. The summed E-state index contributed by atoms with van der Waals surface area (Å²) in [4.78, 5) is 12.2. The molecule has 6 atom stereocenters. The molecule has 0 aliphatic carbocycles. The van der Waals surface area contributed by atoms with Crippen molar-refractivity contribution in [2.24, 2.45) is 0 Å². The van der Waals surface area contributed by atoms with Crippen molar-refractivity contribution in [2.75, 3.05) is 6.61 Å². The van der Waals surface area contributed by atoms with E-state index in [-0.39, 0.29) is 11.8 Å². The number of ether oxygens (including phenoxy) is 3. The molecule has 2 fully saturated rings. The van der Waals surface area contributed by atoms with Crippen LogP contribution in [0.25, 0.3) is 11.2 Å². The maximum absolute atomic E-state index is 10.7. The van der Waals surface area contributed by atoms with Crippen molar-refractivity contribution >= 4 is 22.8 Å². The third-order valence-electron chi connectivity index (χ3n) is 5.01. The molecule has 2 aromatic heterocycles. The second kappa shape index (κ2) is 7.03. The topological polar surface area (TPSA) is 112 Å². The number of aromatic nitrogens is 4. The Morgan fingerprint density at radius 3 is 2.68 bits per heavy atom. The Kier molecular flexibility index (Phi) is 4.50. The van der Waals surface area contributed by atoms with Gasteiger partial charge in [-0.3, -0.25) is 4.57 Å². The molecule has 2 aliphatic heterocycles. The lowest BCUT2D eigenvalue weighted by molar-refractivity contribution is -0.338. The summed E-state index contributed by atoms with van der Waals surface area (Å²) in [7, 11) is 0. The molecule has 0 radical (unpaired) electrons. The van der Waals surface area contributed by atoms with Gasteiger partial charge < -0.3 is 24.4 Å². The maximum Gasteiger partial charge on any atom is 0.184 e. The highest BCUT2D eigenvalue weighted by atomic mass is 35.5. The summed E-state index contributed by atoms with van der Waals surface area (Å²) in [5.41, 5.74) is 1.61. The minimum atomic E-state index is -1.26. The van der Waals surface area contributed by atoms with Crippen LogP contribution in [0.3, 0.4) is 0 Å². The van der Waals surface area contributed by atoms with Crippen LogP contribution in [0.4, 0.5) is 0 Å². The second-order valence-corrected chi connectivity index (χ2v) is 7.07. The van der Waals surface area contributed by atoms with E-state index in [9.17, 15) is 10.2 Å². The first-order valence-corrected chi connectivity index (χ1v) is 9.18. The summed E-state index contributed by atoms with van der Waals surface area (Å²) < 4.78 is 19.2. The summed E-state index contributed by atoms with van der Waals surface area (Å²) in [6.07, 6.45) is -2.57. The van der Waals surface area contributed by atoms with E-state index < -0.39 is 36.9 Å². The van der Waals surface area contributed by atoms with Gasteiger partial charge in [-0.05, 0) is 0 Å². The number of aliphatic hydroxyl groups is 2. The monoisotopic (exact) mass is 404 g/mol. The number of benzene rings is 1. The van der Waals surface area contributed by atoms with Gasteiger partial charge in [0.1, 0.15) is 36.3 Å². The Labute approximate surface area is 164 Å². The van der Waals surface area contributed by atoms with Crippen molar-refractivity contribution in [3.05, 3.63) is 53.7 Å². The molecule has 3 aromatic rings. The first-order valence-electron chi connectivity index (χ1n) is 8.80. The van der Waals surface area contributed by atoms with Crippen LogP contribution in [0.2, 0.25) is 5.15 Å². The van der Waals surface area contributed by atoms with Gasteiger partial charge in [-0.1, -0.05) is 41.9 Å². The van der Waals surface area contributed by atoms with E-state index in [0.29, 0.717) is 11.2 Å². The predicted molar refractivity (Wildman–Crippen MR) is 96.3 cm³/mol. The van der Waals surface area contributed by atoms with Crippen LogP contribution in [0.5, 0.6) is 0 Å². The predicted octanol–water partition coefficient (Wildman–Crippen LogP) is 1.21. The minimum Gasteiger partial charge on any atom is -0.387 e. The van der Waals surface area contributed by atoms with Gasteiger partial charge in [0.15, 0.2) is 23.3 Å².